The maximum Gasteiger partial charge on any atom is 0.256 e. The maximum absolute atomic E-state index is 12.8. The van der Waals surface area contributed by atoms with Gasteiger partial charge in [-0.25, -0.2) is 0 Å². The van der Waals surface area contributed by atoms with E-state index in [0.29, 0.717) is 0 Å². The van der Waals surface area contributed by atoms with Crippen molar-refractivity contribution in [3.8, 4) is 5.75 Å². The summed E-state index contributed by atoms with van der Waals surface area (Å²) in [6.07, 6.45) is 4.22. The number of nitrogens with one attached hydrogen (secondary N) is 2. The van der Waals surface area contributed by atoms with Crippen molar-refractivity contribution in [3.05, 3.63) is 44.2 Å². The van der Waals surface area contributed by atoms with Crippen LogP contribution in [0.3, 0.4) is 0 Å². The van der Waals surface area contributed by atoms with Gasteiger partial charge in [-0.15, -0.1) is 11.3 Å². The van der Waals surface area contributed by atoms with E-state index >= 15 is 0 Å². The number of halogens is 1. The van der Waals surface area contributed by atoms with Gasteiger partial charge in [-0.2, -0.15) is 0 Å². The van der Waals surface area contributed by atoms with E-state index in [9.17, 15) is 4.79 Å². The first kappa shape index (κ1) is 16.9. The first-order valence-electron chi connectivity index (χ1n) is 8.66. The maximum atomic E-state index is 12.8. The molecule has 2 aromatic rings. The van der Waals surface area contributed by atoms with Crippen molar-refractivity contribution in [2.24, 2.45) is 5.92 Å². The molecule has 1 aromatic heterocycles. The Morgan fingerprint density at radius 2 is 2.20 bits per heavy atom. The molecule has 6 heteroatoms. The van der Waals surface area contributed by atoms with E-state index in [1.807, 2.05) is 18.2 Å². The number of carbonyl (C=O) groups is 1. The van der Waals surface area contributed by atoms with Crippen LogP contribution in [0.15, 0.2) is 22.7 Å². The number of rotatable bonds is 3. The topological polar surface area (TPSA) is 50.4 Å². The largest absolute Gasteiger partial charge is 0.496 e. The number of thiophene rings is 1. The number of amides is 1. The molecular weight excluding hydrogens is 400 g/mol. The minimum atomic E-state index is -0.283. The Morgan fingerprint density at radius 1 is 1.36 bits per heavy atom. The molecule has 0 saturated heterocycles. The van der Waals surface area contributed by atoms with Gasteiger partial charge < -0.3 is 15.4 Å². The summed E-state index contributed by atoms with van der Waals surface area (Å²) in [5.74, 6) is 1.53. The molecule has 132 valence electrons. The van der Waals surface area contributed by atoms with Crippen LogP contribution in [0.25, 0.3) is 0 Å². The fourth-order valence-electron chi connectivity index (χ4n) is 3.80. The highest BCUT2D eigenvalue weighted by Gasteiger charge is 2.34. The first-order valence-corrected chi connectivity index (χ1v) is 10.3. The van der Waals surface area contributed by atoms with Crippen LogP contribution in [0, 0.1) is 5.92 Å². The number of hydrogen-bond acceptors (Lipinski definition) is 4. The van der Waals surface area contributed by atoms with E-state index in [-0.39, 0.29) is 12.1 Å². The van der Waals surface area contributed by atoms with Crippen LogP contribution in [-0.4, -0.2) is 13.0 Å². The second-order valence-corrected chi connectivity index (χ2v) is 8.68. The fourth-order valence-corrected chi connectivity index (χ4v) is 5.57. The van der Waals surface area contributed by atoms with Crippen molar-refractivity contribution in [3.63, 3.8) is 0 Å². The van der Waals surface area contributed by atoms with Gasteiger partial charge in [0.25, 0.3) is 5.91 Å². The Kier molecular flexibility index (Phi) is 4.50. The smallest absolute Gasteiger partial charge is 0.256 e. The highest BCUT2D eigenvalue weighted by atomic mass is 79.9. The fraction of sp³-hybridized carbons (Fsp3) is 0.421. The lowest BCUT2D eigenvalue weighted by Crippen LogP contribution is -2.38. The number of benzene rings is 1. The summed E-state index contributed by atoms with van der Waals surface area (Å²) >= 11 is 5.26. The van der Waals surface area contributed by atoms with Crippen LogP contribution < -0.4 is 15.4 Å². The lowest BCUT2D eigenvalue weighted by atomic mass is 9.85. The molecule has 25 heavy (non-hydrogen) atoms. The van der Waals surface area contributed by atoms with E-state index in [1.165, 1.54) is 23.3 Å². The zero-order chi connectivity index (χ0) is 17.6. The molecule has 0 radical (unpaired) electrons. The summed E-state index contributed by atoms with van der Waals surface area (Å²) in [5.41, 5.74) is 3.04. The van der Waals surface area contributed by atoms with Crippen molar-refractivity contribution in [1.82, 2.24) is 5.32 Å². The van der Waals surface area contributed by atoms with Crippen LogP contribution >= 0.6 is 27.3 Å². The molecule has 2 aliphatic rings. The van der Waals surface area contributed by atoms with Gasteiger partial charge in [0.1, 0.15) is 16.9 Å². The highest BCUT2D eigenvalue weighted by molar-refractivity contribution is 9.10. The van der Waals surface area contributed by atoms with Crippen LogP contribution in [-0.2, 0) is 12.8 Å². The average Bonchev–Trinajstić information content (AvgIpc) is 2.99. The number of anilines is 1. The van der Waals surface area contributed by atoms with Crippen molar-refractivity contribution < 1.29 is 9.53 Å². The molecule has 0 fully saturated rings. The predicted octanol–water partition coefficient (Wildman–Crippen LogP) is 4.89. The third kappa shape index (κ3) is 2.95. The van der Waals surface area contributed by atoms with Crippen molar-refractivity contribution in [1.29, 1.82) is 0 Å². The second-order valence-electron chi connectivity index (χ2n) is 6.66. The summed E-state index contributed by atoms with van der Waals surface area (Å²) in [4.78, 5) is 14.2. The van der Waals surface area contributed by atoms with Crippen molar-refractivity contribution in [2.75, 3.05) is 12.4 Å². The van der Waals surface area contributed by atoms with Gasteiger partial charge >= 0.3 is 0 Å². The molecule has 0 saturated carbocycles. The minimum absolute atomic E-state index is 0.0215. The van der Waals surface area contributed by atoms with E-state index in [1.54, 1.807) is 18.4 Å². The molecule has 2 heterocycles. The highest BCUT2D eigenvalue weighted by Crippen LogP contribution is 2.44. The number of fused-ring (bicyclic) bond motifs is 3. The molecule has 0 bridgehead atoms. The number of carbonyl (C=O) groups excluding carboxylic acids is 1. The average molecular weight is 421 g/mol. The van der Waals surface area contributed by atoms with Gasteiger partial charge in [-0.1, -0.05) is 29.3 Å². The first-order chi connectivity index (χ1) is 12.1. The van der Waals surface area contributed by atoms with Gasteiger partial charge in [-0.3, -0.25) is 4.79 Å². The Balaban J connectivity index is 1.70. The molecule has 4 rings (SSSR count). The predicted molar refractivity (Wildman–Crippen MR) is 105 cm³/mol. The van der Waals surface area contributed by atoms with Gasteiger partial charge in [0.15, 0.2) is 0 Å². The van der Waals surface area contributed by atoms with Gasteiger partial charge in [0.05, 0.1) is 12.7 Å². The van der Waals surface area contributed by atoms with Crippen LogP contribution in [0.5, 0.6) is 5.75 Å². The van der Waals surface area contributed by atoms with Gasteiger partial charge in [0.2, 0.25) is 0 Å². The molecule has 1 aliphatic carbocycles. The SMILES string of the molecule is CC[C@H]1CCc2c(sc3c2C(=O)N[C@H](c2cc(Br)ccc2OC)N3)C1. The van der Waals surface area contributed by atoms with E-state index < -0.39 is 0 Å². The molecule has 2 N–H and O–H groups in total. The molecule has 2 atom stereocenters. The van der Waals surface area contributed by atoms with Crippen molar-refractivity contribution in [2.45, 2.75) is 38.8 Å². The molecule has 1 amide bonds. The third-order valence-corrected chi connectivity index (χ3v) is 6.90. The molecule has 1 aromatic carbocycles. The van der Waals surface area contributed by atoms with E-state index in [0.717, 1.165) is 45.1 Å². The third-order valence-electron chi connectivity index (χ3n) is 5.23. The van der Waals surface area contributed by atoms with E-state index in [2.05, 4.69) is 33.5 Å². The van der Waals surface area contributed by atoms with Gasteiger partial charge in [-0.05, 0) is 48.9 Å². The minimum Gasteiger partial charge on any atom is -0.496 e. The molecule has 0 spiro atoms. The summed E-state index contributed by atoms with van der Waals surface area (Å²) in [6.45, 7) is 2.25. The normalized spacial score (nSPS) is 21.8. The summed E-state index contributed by atoms with van der Waals surface area (Å²) in [6, 6.07) is 5.84. The Labute approximate surface area is 160 Å². The summed E-state index contributed by atoms with van der Waals surface area (Å²) in [5, 5.41) is 7.63. The van der Waals surface area contributed by atoms with E-state index in [4.69, 9.17) is 4.74 Å². The quantitative estimate of drug-likeness (QED) is 0.742. The zero-order valence-corrected chi connectivity index (χ0v) is 16.7. The van der Waals surface area contributed by atoms with Crippen LogP contribution in [0.2, 0.25) is 0 Å². The Morgan fingerprint density at radius 3 is 2.96 bits per heavy atom. The Bertz CT molecular complexity index is 833. The summed E-state index contributed by atoms with van der Waals surface area (Å²) < 4.78 is 6.44. The molecule has 0 unspecified atom stereocenters. The summed E-state index contributed by atoms with van der Waals surface area (Å²) in [7, 11) is 1.65. The van der Waals surface area contributed by atoms with Crippen molar-refractivity contribution >= 4 is 38.2 Å². The molecule has 1 aliphatic heterocycles. The zero-order valence-electron chi connectivity index (χ0n) is 14.3. The number of ether oxygens (including phenoxy) is 1. The Hall–Kier alpha value is -1.53. The van der Waals surface area contributed by atoms with Gasteiger partial charge in [0, 0.05) is 14.9 Å². The standard InChI is InChI=1S/C19H21BrN2O2S/c1-3-10-4-6-12-15(8-10)25-19-16(12)18(23)21-17(22-19)13-9-11(20)5-7-14(13)24-2/h5,7,9-10,17,22H,3-4,6,8H2,1-2H3,(H,21,23)/t10-,17-/m0/s1. The number of hydrogen-bond donors (Lipinski definition) is 2. The number of methoxy groups -OCH3 is 1. The lowest BCUT2D eigenvalue weighted by Gasteiger charge is -2.28. The molecule has 4 nitrogen and oxygen atoms in total. The monoisotopic (exact) mass is 420 g/mol. The van der Waals surface area contributed by atoms with Crippen LogP contribution in [0.4, 0.5) is 5.00 Å². The molecular formula is C19H21BrN2O2S. The lowest BCUT2D eigenvalue weighted by molar-refractivity contribution is 0.0934. The second kappa shape index (κ2) is 6.65. The van der Waals surface area contributed by atoms with Crippen LogP contribution in [0.1, 0.15) is 52.3 Å².